The quantitative estimate of drug-likeness (QED) is 0.927. The summed E-state index contributed by atoms with van der Waals surface area (Å²) in [6, 6.07) is 4.05. The van der Waals surface area contributed by atoms with Crippen LogP contribution in [0.15, 0.2) is 18.2 Å². The van der Waals surface area contributed by atoms with Gasteiger partial charge < -0.3 is 15.0 Å². The van der Waals surface area contributed by atoms with Gasteiger partial charge in [-0.2, -0.15) is 0 Å². The van der Waals surface area contributed by atoms with Crippen LogP contribution in [0.2, 0.25) is 5.02 Å². The summed E-state index contributed by atoms with van der Waals surface area (Å²) in [7, 11) is 3.95. The molecule has 2 aliphatic rings. The van der Waals surface area contributed by atoms with Gasteiger partial charge in [-0.25, -0.2) is 4.39 Å². The number of halogens is 2. The van der Waals surface area contributed by atoms with Crippen LogP contribution in [-0.4, -0.2) is 49.7 Å². The van der Waals surface area contributed by atoms with Crippen LogP contribution in [0.4, 0.5) is 4.39 Å². The number of hydrogen-bond donors (Lipinski definition) is 1. The molecule has 114 valence electrons. The Bertz CT molecular complexity index is 546. The molecule has 1 saturated carbocycles. The van der Waals surface area contributed by atoms with E-state index >= 15 is 0 Å². The average molecular weight is 313 g/mol. The fourth-order valence-electron chi connectivity index (χ4n) is 3.40. The van der Waals surface area contributed by atoms with Gasteiger partial charge in [-0.1, -0.05) is 11.6 Å². The van der Waals surface area contributed by atoms with Gasteiger partial charge in [-0.05, 0) is 38.7 Å². The number of likely N-dealkylation sites (N-methyl/N-ethyl adjacent to an activating group) is 1. The van der Waals surface area contributed by atoms with Gasteiger partial charge in [0, 0.05) is 23.1 Å². The van der Waals surface area contributed by atoms with Crippen LogP contribution < -0.4 is 5.32 Å². The van der Waals surface area contributed by atoms with Gasteiger partial charge in [0.05, 0.1) is 18.2 Å². The van der Waals surface area contributed by atoms with Gasteiger partial charge in [0.2, 0.25) is 0 Å². The molecule has 0 bridgehead atoms. The van der Waals surface area contributed by atoms with E-state index in [1.807, 2.05) is 14.1 Å². The van der Waals surface area contributed by atoms with Crippen molar-refractivity contribution in [2.75, 3.05) is 20.7 Å². The number of nitrogens with zero attached hydrogens (tertiary/aromatic N) is 1. The van der Waals surface area contributed by atoms with Crippen LogP contribution in [0.1, 0.15) is 16.8 Å². The Morgan fingerprint density at radius 2 is 2.19 bits per heavy atom. The van der Waals surface area contributed by atoms with E-state index in [2.05, 4.69) is 10.2 Å². The Morgan fingerprint density at radius 3 is 2.86 bits per heavy atom. The fraction of sp³-hybridized carbons (Fsp3) is 0.533. The highest BCUT2D eigenvalue weighted by Gasteiger charge is 2.55. The molecule has 6 heteroatoms. The smallest absolute Gasteiger partial charge is 0.251 e. The van der Waals surface area contributed by atoms with Gasteiger partial charge in [0.1, 0.15) is 5.82 Å². The molecule has 2 fully saturated rings. The number of rotatable bonds is 3. The summed E-state index contributed by atoms with van der Waals surface area (Å²) in [6.07, 6.45) is 1.13. The SMILES string of the molecule is CN(C)[C@H]1[C@H](NC(=O)c2cc(F)cc(Cl)c2)[C@@H]2CCO[C@@H]21. The number of benzene rings is 1. The number of amides is 1. The van der Waals surface area contributed by atoms with Crippen molar-refractivity contribution in [1.29, 1.82) is 0 Å². The van der Waals surface area contributed by atoms with Crippen molar-refractivity contribution in [2.45, 2.75) is 24.6 Å². The summed E-state index contributed by atoms with van der Waals surface area (Å²) in [5, 5.41) is 3.23. The molecule has 1 saturated heterocycles. The maximum atomic E-state index is 13.3. The number of ether oxygens (including phenoxy) is 1. The minimum absolute atomic E-state index is 0.0297. The van der Waals surface area contributed by atoms with E-state index in [9.17, 15) is 9.18 Å². The summed E-state index contributed by atoms with van der Waals surface area (Å²) < 4.78 is 19.1. The highest BCUT2D eigenvalue weighted by Crippen LogP contribution is 2.41. The van der Waals surface area contributed by atoms with Gasteiger partial charge in [-0.3, -0.25) is 4.79 Å². The Kier molecular flexibility index (Phi) is 3.90. The van der Waals surface area contributed by atoms with Crippen LogP contribution in [-0.2, 0) is 4.74 Å². The van der Waals surface area contributed by atoms with Crippen molar-refractivity contribution in [3.8, 4) is 0 Å². The standard InChI is InChI=1S/C15H18ClFN2O2/c1-19(2)13-12(11-3-4-21-14(11)13)18-15(20)8-5-9(16)7-10(17)6-8/h5-7,11-14H,3-4H2,1-2H3,(H,18,20)/t11-,12+,13-,14-/m0/s1. The van der Waals surface area contributed by atoms with Gasteiger partial charge in [0.25, 0.3) is 5.91 Å². The second-order valence-corrected chi connectivity index (χ2v) is 6.34. The third kappa shape index (κ3) is 2.65. The zero-order chi connectivity index (χ0) is 15.1. The minimum atomic E-state index is -0.507. The summed E-state index contributed by atoms with van der Waals surface area (Å²) in [4.78, 5) is 14.4. The average Bonchev–Trinajstić information content (AvgIpc) is 2.77. The molecule has 4 atom stereocenters. The molecule has 3 rings (SSSR count). The minimum Gasteiger partial charge on any atom is -0.376 e. The van der Waals surface area contributed by atoms with Gasteiger partial charge in [0.15, 0.2) is 0 Å². The van der Waals surface area contributed by atoms with Crippen molar-refractivity contribution >= 4 is 17.5 Å². The first-order valence-corrected chi connectivity index (χ1v) is 7.40. The molecule has 21 heavy (non-hydrogen) atoms. The zero-order valence-corrected chi connectivity index (χ0v) is 12.7. The van der Waals surface area contributed by atoms with Crippen LogP contribution in [0.5, 0.6) is 0 Å². The highest BCUT2D eigenvalue weighted by atomic mass is 35.5. The van der Waals surface area contributed by atoms with Crippen LogP contribution >= 0.6 is 11.6 Å². The topological polar surface area (TPSA) is 41.6 Å². The van der Waals surface area contributed by atoms with Crippen molar-refractivity contribution in [3.63, 3.8) is 0 Å². The lowest BCUT2D eigenvalue weighted by molar-refractivity contribution is -0.0664. The molecule has 1 aromatic carbocycles. The molecule has 1 heterocycles. The highest BCUT2D eigenvalue weighted by molar-refractivity contribution is 6.31. The Morgan fingerprint density at radius 1 is 1.43 bits per heavy atom. The first-order chi connectivity index (χ1) is 9.97. The number of carbonyl (C=O) groups excluding carboxylic acids is 1. The third-order valence-electron chi connectivity index (χ3n) is 4.37. The van der Waals surface area contributed by atoms with E-state index < -0.39 is 5.82 Å². The first kappa shape index (κ1) is 14.8. The Hall–Kier alpha value is -1.17. The molecule has 0 radical (unpaired) electrons. The maximum Gasteiger partial charge on any atom is 0.251 e. The van der Waals surface area contributed by atoms with E-state index in [4.69, 9.17) is 16.3 Å². The molecule has 1 amide bonds. The summed E-state index contributed by atoms with van der Waals surface area (Å²) >= 11 is 5.80. The lowest BCUT2D eigenvalue weighted by Gasteiger charge is -2.50. The predicted molar refractivity (Wildman–Crippen MR) is 78.0 cm³/mol. The largest absolute Gasteiger partial charge is 0.376 e. The van der Waals surface area contributed by atoms with Crippen molar-refractivity contribution < 1.29 is 13.9 Å². The van der Waals surface area contributed by atoms with E-state index in [1.165, 1.54) is 18.2 Å². The van der Waals surface area contributed by atoms with Crippen molar-refractivity contribution in [1.82, 2.24) is 10.2 Å². The van der Waals surface area contributed by atoms with E-state index in [0.717, 1.165) is 13.0 Å². The molecule has 0 aromatic heterocycles. The van der Waals surface area contributed by atoms with Crippen LogP contribution in [0.3, 0.4) is 0 Å². The maximum absolute atomic E-state index is 13.3. The van der Waals surface area contributed by atoms with Gasteiger partial charge in [-0.15, -0.1) is 0 Å². The van der Waals surface area contributed by atoms with Crippen LogP contribution in [0, 0.1) is 11.7 Å². The molecule has 1 aliphatic carbocycles. The number of carbonyl (C=O) groups is 1. The number of hydrogen-bond acceptors (Lipinski definition) is 3. The Balaban J connectivity index is 1.74. The zero-order valence-electron chi connectivity index (χ0n) is 12.0. The summed E-state index contributed by atoms with van der Waals surface area (Å²) in [5.41, 5.74) is 0.250. The van der Waals surface area contributed by atoms with E-state index in [1.54, 1.807) is 0 Å². The normalized spacial score (nSPS) is 30.9. The molecule has 1 aromatic rings. The molecule has 4 nitrogen and oxygen atoms in total. The first-order valence-electron chi connectivity index (χ1n) is 7.02. The molecule has 1 aliphatic heterocycles. The molecule has 0 spiro atoms. The molecule has 1 N–H and O–H groups in total. The molecular weight excluding hydrogens is 295 g/mol. The lowest BCUT2D eigenvalue weighted by Crippen LogP contribution is -2.69. The number of nitrogens with one attached hydrogen (secondary N) is 1. The molecular formula is C15H18ClFN2O2. The summed E-state index contributed by atoms with van der Waals surface area (Å²) in [5.74, 6) is -0.462. The molecule has 0 unspecified atom stereocenters. The van der Waals surface area contributed by atoms with E-state index in [-0.39, 0.29) is 34.7 Å². The second kappa shape index (κ2) is 5.55. The monoisotopic (exact) mass is 312 g/mol. The number of fused-ring (bicyclic) bond motifs is 1. The van der Waals surface area contributed by atoms with Crippen molar-refractivity contribution in [2.24, 2.45) is 5.92 Å². The van der Waals surface area contributed by atoms with Gasteiger partial charge >= 0.3 is 0 Å². The Labute approximate surface area is 128 Å². The summed E-state index contributed by atoms with van der Waals surface area (Å²) in [6.45, 7) is 0.734. The van der Waals surface area contributed by atoms with E-state index in [0.29, 0.717) is 5.92 Å². The van der Waals surface area contributed by atoms with Crippen LogP contribution in [0.25, 0.3) is 0 Å². The third-order valence-corrected chi connectivity index (χ3v) is 4.59. The van der Waals surface area contributed by atoms with Crippen molar-refractivity contribution in [3.05, 3.63) is 34.6 Å². The fourth-order valence-corrected chi connectivity index (χ4v) is 3.62. The lowest BCUT2D eigenvalue weighted by atomic mass is 9.71. The predicted octanol–water partition coefficient (Wildman–Crippen LogP) is 1.93. The second-order valence-electron chi connectivity index (χ2n) is 5.90.